The zero-order valence-corrected chi connectivity index (χ0v) is 11.6. The highest BCUT2D eigenvalue weighted by Crippen LogP contribution is 2.23. The fraction of sp³-hybridized carbons (Fsp3) is 0.0769. The van der Waals surface area contributed by atoms with Gasteiger partial charge in [-0.3, -0.25) is 0 Å². The van der Waals surface area contributed by atoms with Gasteiger partial charge in [-0.2, -0.15) is 0 Å². The standard InChI is InChI=1S/C13H8ClF2I/c14-9-4-5-13(17)8(6-9)7-10-11(15)2-1-3-12(10)16/h1-6H,7H2. The molecular formula is C13H8ClF2I. The molecule has 17 heavy (non-hydrogen) atoms. The average molecular weight is 365 g/mol. The van der Waals surface area contributed by atoms with Crippen LogP contribution in [0.5, 0.6) is 0 Å². The molecule has 88 valence electrons. The van der Waals surface area contributed by atoms with Crippen molar-refractivity contribution in [1.29, 1.82) is 0 Å². The highest BCUT2D eigenvalue weighted by Gasteiger charge is 2.11. The van der Waals surface area contributed by atoms with E-state index in [0.29, 0.717) is 5.02 Å². The number of hydrogen-bond donors (Lipinski definition) is 0. The van der Waals surface area contributed by atoms with E-state index in [2.05, 4.69) is 22.6 Å². The first-order valence-electron chi connectivity index (χ1n) is 4.95. The Hall–Kier alpha value is -0.680. The van der Waals surface area contributed by atoms with Gasteiger partial charge in [-0.25, -0.2) is 8.78 Å². The van der Waals surface area contributed by atoms with Crippen molar-refractivity contribution in [2.45, 2.75) is 6.42 Å². The summed E-state index contributed by atoms with van der Waals surface area (Å²) in [4.78, 5) is 0. The second-order valence-electron chi connectivity index (χ2n) is 3.61. The SMILES string of the molecule is Fc1cccc(F)c1Cc1cc(Cl)ccc1I. The molecule has 0 bridgehead atoms. The topological polar surface area (TPSA) is 0 Å². The summed E-state index contributed by atoms with van der Waals surface area (Å²) in [5.41, 5.74) is 0.898. The molecule has 0 saturated heterocycles. The summed E-state index contributed by atoms with van der Waals surface area (Å²) in [6.45, 7) is 0. The van der Waals surface area contributed by atoms with Gasteiger partial charge in [0.25, 0.3) is 0 Å². The normalized spacial score (nSPS) is 10.6. The summed E-state index contributed by atoms with van der Waals surface area (Å²) in [6.07, 6.45) is 0.206. The number of benzene rings is 2. The van der Waals surface area contributed by atoms with Crippen molar-refractivity contribution in [3.05, 3.63) is 67.8 Å². The Morgan fingerprint density at radius 1 is 1.06 bits per heavy atom. The van der Waals surface area contributed by atoms with Crippen molar-refractivity contribution in [2.75, 3.05) is 0 Å². The van der Waals surface area contributed by atoms with Crippen LogP contribution in [0.25, 0.3) is 0 Å². The second kappa shape index (κ2) is 5.31. The van der Waals surface area contributed by atoms with E-state index in [1.807, 2.05) is 6.07 Å². The first kappa shape index (κ1) is 12.8. The largest absolute Gasteiger partial charge is 0.207 e. The van der Waals surface area contributed by atoms with Gasteiger partial charge in [-0.1, -0.05) is 17.7 Å². The third kappa shape index (κ3) is 2.96. The van der Waals surface area contributed by atoms with Gasteiger partial charge in [0.2, 0.25) is 0 Å². The van der Waals surface area contributed by atoms with Crippen LogP contribution >= 0.6 is 34.2 Å². The molecule has 2 aromatic carbocycles. The Balaban J connectivity index is 2.41. The Bertz CT molecular complexity index is 535. The summed E-state index contributed by atoms with van der Waals surface area (Å²) in [7, 11) is 0. The second-order valence-corrected chi connectivity index (χ2v) is 5.21. The minimum absolute atomic E-state index is 0.0766. The molecule has 0 nitrogen and oxygen atoms in total. The molecule has 0 atom stereocenters. The Labute approximate surface area is 117 Å². The Morgan fingerprint density at radius 2 is 1.71 bits per heavy atom. The first-order valence-corrected chi connectivity index (χ1v) is 6.40. The lowest BCUT2D eigenvalue weighted by molar-refractivity contribution is 0.561. The summed E-state index contributed by atoms with van der Waals surface area (Å²) in [5, 5.41) is 0.567. The fourth-order valence-electron chi connectivity index (χ4n) is 1.57. The van der Waals surface area contributed by atoms with Crippen molar-refractivity contribution >= 4 is 34.2 Å². The molecule has 0 spiro atoms. The number of halogens is 4. The van der Waals surface area contributed by atoms with Crippen molar-refractivity contribution in [2.24, 2.45) is 0 Å². The molecular weight excluding hydrogens is 356 g/mol. The molecule has 0 radical (unpaired) electrons. The lowest BCUT2D eigenvalue weighted by Crippen LogP contribution is -1.98. The maximum Gasteiger partial charge on any atom is 0.129 e. The molecule has 0 N–H and O–H groups in total. The van der Waals surface area contributed by atoms with Crippen molar-refractivity contribution in [1.82, 2.24) is 0 Å². The lowest BCUT2D eigenvalue weighted by atomic mass is 10.0. The molecule has 0 amide bonds. The zero-order valence-electron chi connectivity index (χ0n) is 8.68. The molecule has 2 rings (SSSR count). The smallest absolute Gasteiger partial charge is 0.129 e. The van der Waals surface area contributed by atoms with Crippen molar-refractivity contribution in [3.63, 3.8) is 0 Å². The van der Waals surface area contributed by atoms with E-state index >= 15 is 0 Å². The van der Waals surface area contributed by atoms with E-state index in [0.717, 1.165) is 9.13 Å². The van der Waals surface area contributed by atoms with Crippen LogP contribution in [0.3, 0.4) is 0 Å². The van der Waals surface area contributed by atoms with Crippen LogP contribution in [-0.2, 0) is 6.42 Å². The Morgan fingerprint density at radius 3 is 2.35 bits per heavy atom. The average Bonchev–Trinajstić information content (AvgIpc) is 2.28. The summed E-state index contributed by atoms with van der Waals surface area (Å²) < 4.78 is 27.9. The summed E-state index contributed by atoms with van der Waals surface area (Å²) >= 11 is 8.00. The Kier molecular flexibility index (Phi) is 3.99. The number of hydrogen-bond acceptors (Lipinski definition) is 0. The van der Waals surface area contributed by atoms with Crippen LogP contribution in [-0.4, -0.2) is 0 Å². The van der Waals surface area contributed by atoms with E-state index in [-0.39, 0.29) is 12.0 Å². The highest BCUT2D eigenvalue weighted by molar-refractivity contribution is 14.1. The van der Waals surface area contributed by atoms with Gasteiger partial charge in [0.05, 0.1) is 0 Å². The van der Waals surface area contributed by atoms with Crippen LogP contribution in [0.4, 0.5) is 8.78 Å². The molecule has 2 aromatic rings. The monoisotopic (exact) mass is 364 g/mol. The quantitative estimate of drug-likeness (QED) is 0.671. The third-order valence-electron chi connectivity index (χ3n) is 2.44. The zero-order chi connectivity index (χ0) is 12.4. The van der Waals surface area contributed by atoms with E-state index in [4.69, 9.17) is 11.6 Å². The molecule has 0 aliphatic carbocycles. The predicted octanol–water partition coefficient (Wildman–Crippen LogP) is 4.81. The number of rotatable bonds is 2. The van der Waals surface area contributed by atoms with Crippen LogP contribution in [0.2, 0.25) is 5.02 Å². The minimum Gasteiger partial charge on any atom is -0.207 e. The molecule has 0 aliphatic rings. The molecule has 0 aromatic heterocycles. The molecule has 0 aliphatic heterocycles. The maximum absolute atomic E-state index is 13.5. The first-order chi connectivity index (χ1) is 8.08. The van der Waals surface area contributed by atoms with Crippen molar-refractivity contribution in [3.8, 4) is 0 Å². The molecule has 0 fully saturated rings. The third-order valence-corrected chi connectivity index (χ3v) is 3.72. The summed E-state index contributed by atoms with van der Waals surface area (Å²) in [5.74, 6) is -1.05. The van der Waals surface area contributed by atoms with Gasteiger partial charge >= 0.3 is 0 Å². The lowest BCUT2D eigenvalue weighted by Gasteiger charge is -2.07. The van der Waals surface area contributed by atoms with Gasteiger partial charge in [0, 0.05) is 20.6 Å². The van der Waals surface area contributed by atoms with E-state index < -0.39 is 11.6 Å². The van der Waals surface area contributed by atoms with Crippen LogP contribution in [0, 0.1) is 15.2 Å². The van der Waals surface area contributed by atoms with E-state index in [9.17, 15) is 8.78 Å². The predicted molar refractivity (Wildman–Crippen MR) is 73.3 cm³/mol. The van der Waals surface area contributed by atoms with E-state index in [1.165, 1.54) is 18.2 Å². The van der Waals surface area contributed by atoms with Crippen LogP contribution < -0.4 is 0 Å². The summed E-state index contributed by atoms with van der Waals surface area (Å²) in [6, 6.07) is 9.19. The van der Waals surface area contributed by atoms with Gasteiger partial charge in [-0.15, -0.1) is 0 Å². The molecule has 0 saturated carbocycles. The highest BCUT2D eigenvalue weighted by atomic mass is 127. The molecule has 0 heterocycles. The van der Waals surface area contributed by atoms with Gasteiger partial charge in [0.1, 0.15) is 11.6 Å². The van der Waals surface area contributed by atoms with Gasteiger partial charge in [-0.05, 0) is 58.5 Å². The van der Waals surface area contributed by atoms with Crippen molar-refractivity contribution < 1.29 is 8.78 Å². The van der Waals surface area contributed by atoms with Crippen LogP contribution in [0.15, 0.2) is 36.4 Å². The van der Waals surface area contributed by atoms with Gasteiger partial charge in [0.15, 0.2) is 0 Å². The molecule has 0 unspecified atom stereocenters. The molecule has 4 heteroatoms. The van der Waals surface area contributed by atoms with Gasteiger partial charge < -0.3 is 0 Å². The fourth-order valence-corrected chi connectivity index (χ4v) is 2.29. The van der Waals surface area contributed by atoms with Crippen LogP contribution in [0.1, 0.15) is 11.1 Å². The van der Waals surface area contributed by atoms with E-state index in [1.54, 1.807) is 12.1 Å². The maximum atomic E-state index is 13.5. The minimum atomic E-state index is -0.527.